The zero-order valence-corrected chi connectivity index (χ0v) is 16.7. The smallest absolute Gasteiger partial charge is 0.228 e. The zero-order valence-electron chi connectivity index (χ0n) is 16.7. The predicted molar refractivity (Wildman–Crippen MR) is 97.0 cm³/mol. The molecule has 11 heteroatoms. The van der Waals surface area contributed by atoms with Crippen molar-refractivity contribution in [1.82, 2.24) is 40.3 Å². The summed E-state index contributed by atoms with van der Waals surface area (Å²) in [6.07, 6.45) is 0. The Balaban J connectivity index is 2.42. The minimum absolute atomic E-state index is 0.384. The molecule has 0 unspecified atom stereocenters. The molecule has 0 atom stereocenters. The minimum Gasteiger partial charge on any atom is -0.228 e. The maximum absolute atomic E-state index is 5.73. The second-order valence-corrected chi connectivity index (χ2v) is 6.36. The van der Waals surface area contributed by atoms with Gasteiger partial charge in [-0.05, 0) is 27.0 Å². The third-order valence-electron chi connectivity index (χ3n) is 3.36. The number of hydrogen-bond donors (Lipinski definition) is 0. The van der Waals surface area contributed by atoms with Crippen LogP contribution >= 0.6 is 0 Å². The van der Waals surface area contributed by atoms with Crippen LogP contribution in [0.3, 0.4) is 0 Å². The van der Waals surface area contributed by atoms with Crippen LogP contribution < -0.4 is 4.99 Å². The molecule has 0 aliphatic heterocycles. The van der Waals surface area contributed by atoms with E-state index >= 15 is 0 Å². The van der Waals surface area contributed by atoms with Gasteiger partial charge in [-0.1, -0.05) is 17.3 Å². The third kappa shape index (κ3) is 4.06. The van der Waals surface area contributed by atoms with Gasteiger partial charge in [-0.15, -0.1) is 15.1 Å². The van der Waals surface area contributed by atoms with Crippen molar-refractivity contribution in [3.63, 3.8) is 0 Å². The zero-order chi connectivity index (χ0) is 19.4. The Bertz CT molecular complexity index is 736. The summed E-state index contributed by atoms with van der Waals surface area (Å²) < 4.78 is 0. The molecule has 0 saturated heterocycles. The lowest BCUT2D eigenvalue weighted by atomic mass is 10.3. The highest BCUT2D eigenvalue weighted by atomic mass is 17.3. The fourth-order valence-electron chi connectivity index (χ4n) is 2.52. The van der Waals surface area contributed by atoms with Crippen LogP contribution in [0.5, 0.6) is 0 Å². The number of hydrazine groups is 4. The Hall–Kier alpha value is -2.79. The average molecular weight is 366 g/mol. The fourth-order valence-corrected chi connectivity index (χ4v) is 2.52. The number of hydrogen-bond acceptors (Lipinski definition) is 8. The molecular weight excluding hydrogens is 338 g/mol. The summed E-state index contributed by atoms with van der Waals surface area (Å²) in [7, 11) is 15.2. The summed E-state index contributed by atoms with van der Waals surface area (Å²) in [5, 5.41) is 17.3. The molecule has 144 valence electrons. The van der Waals surface area contributed by atoms with Crippen molar-refractivity contribution >= 4 is 17.1 Å². The molecule has 0 amide bonds. The number of amidine groups is 1. The third-order valence-corrected chi connectivity index (χ3v) is 3.36. The SMILES string of the molecule is CN(C)N(C(OOn1nnc2ccccc21)=[N+](N(C)C)N(C)C)N(C)C. The largest absolute Gasteiger partial charge is 0.576 e. The molecule has 0 spiro atoms. The van der Waals surface area contributed by atoms with Crippen LogP contribution in [-0.4, -0.2) is 108 Å². The molecule has 1 aromatic carbocycles. The molecule has 0 N–H and O–H groups in total. The van der Waals surface area contributed by atoms with E-state index in [-0.39, 0.29) is 0 Å². The van der Waals surface area contributed by atoms with E-state index in [0.717, 1.165) is 0 Å². The van der Waals surface area contributed by atoms with E-state index in [1.165, 1.54) is 4.85 Å². The van der Waals surface area contributed by atoms with Crippen LogP contribution in [0.15, 0.2) is 24.3 Å². The summed E-state index contributed by atoms with van der Waals surface area (Å²) in [5.74, 6) is 0. The van der Waals surface area contributed by atoms with Crippen LogP contribution in [0, 0.1) is 0 Å². The van der Waals surface area contributed by atoms with Crippen molar-refractivity contribution in [2.24, 2.45) is 0 Å². The summed E-state index contributed by atoms with van der Waals surface area (Å²) in [6.45, 7) is 0. The van der Waals surface area contributed by atoms with E-state index in [4.69, 9.17) is 9.88 Å². The number of aromatic nitrogens is 3. The molecule has 26 heavy (non-hydrogen) atoms. The molecule has 11 nitrogen and oxygen atoms in total. The monoisotopic (exact) mass is 366 g/mol. The van der Waals surface area contributed by atoms with Gasteiger partial charge in [-0.3, -0.25) is 0 Å². The molecule has 2 rings (SSSR count). The lowest BCUT2D eigenvalue weighted by molar-refractivity contribution is -0.809. The van der Waals surface area contributed by atoms with E-state index in [0.29, 0.717) is 17.1 Å². The normalized spacial score (nSPS) is 11.0. The van der Waals surface area contributed by atoms with E-state index in [1.807, 2.05) is 101 Å². The van der Waals surface area contributed by atoms with Crippen molar-refractivity contribution in [2.75, 3.05) is 56.4 Å². The Morgan fingerprint density at radius 1 is 0.923 bits per heavy atom. The molecule has 2 aromatic rings. The molecule has 0 aliphatic rings. The lowest BCUT2D eigenvalue weighted by Crippen LogP contribution is -2.58. The topological polar surface area (TPSA) is 68.4 Å². The molecule has 1 aromatic heterocycles. The van der Waals surface area contributed by atoms with Gasteiger partial charge in [-0.25, -0.2) is 10.0 Å². The van der Waals surface area contributed by atoms with Gasteiger partial charge in [0.05, 0.1) is 0 Å². The Morgan fingerprint density at radius 2 is 1.50 bits per heavy atom. The maximum Gasteiger partial charge on any atom is 0.576 e. The van der Waals surface area contributed by atoms with Crippen molar-refractivity contribution in [1.29, 1.82) is 0 Å². The summed E-state index contributed by atoms with van der Waals surface area (Å²) >= 11 is 0. The molecule has 0 saturated carbocycles. The van der Waals surface area contributed by atoms with Crippen molar-refractivity contribution in [3.8, 4) is 0 Å². The second kappa shape index (κ2) is 8.06. The van der Waals surface area contributed by atoms with E-state index in [1.54, 1.807) is 9.91 Å². The summed E-state index contributed by atoms with van der Waals surface area (Å²) in [4.78, 5) is 14.3. The van der Waals surface area contributed by atoms with Gasteiger partial charge < -0.3 is 0 Å². The fraction of sp³-hybridized carbons (Fsp3) is 0.533. The summed E-state index contributed by atoms with van der Waals surface area (Å²) in [6, 6.07) is 7.86. The highest BCUT2D eigenvalue weighted by molar-refractivity contribution is 5.73. The van der Waals surface area contributed by atoms with Gasteiger partial charge in [-0.2, -0.15) is 9.88 Å². The molecular formula is C15H28N9O2+. The van der Waals surface area contributed by atoms with Crippen LogP contribution in [-0.2, 0) is 4.89 Å². The maximum atomic E-state index is 5.73. The standard InChI is InChI=1S/C15H28N9O2/c1-18(2)23(19(3)4)15(24(20(5)6)21(7)8)25-26-22-14-12-10-9-11-13(14)16-17-22/h9-12H,1-8H3/q+1. The minimum atomic E-state index is 0.384. The number of nitrogens with zero attached hydrogens (tertiary/aromatic N) is 9. The van der Waals surface area contributed by atoms with Crippen LogP contribution in [0.1, 0.15) is 0 Å². The first-order valence-electron chi connectivity index (χ1n) is 8.05. The first kappa shape index (κ1) is 19.5. The van der Waals surface area contributed by atoms with Gasteiger partial charge in [0.25, 0.3) is 0 Å². The van der Waals surface area contributed by atoms with Crippen LogP contribution in [0.25, 0.3) is 11.0 Å². The number of para-hydroxylation sites is 1. The van der Waals surface area contributed by atoms with Gasteiger partial charge >= 0.3 is 6.02 Å². The number of rotatable bonds is 6. The predicted octanol–water partition coefficient (Wildman–Crippen LogP) is -0.632. The Labute approximate surface area is 153 Å². The van der Waals surface area contributed by atoms with Crippen molar-refractivity contribution < 1.29 is 14.7 Å². The number of fused-ring (bicyclic) bond motifs is 1. The quantitative estimate of drug-likeness (QED) is 0.218. The van der Waals surface area contributed by atoms with Crippen molar-refractivity contribution in [2.45, 2.75) is 0 Å². The van der Waals surface area contributed by atoms with Gasteiger partial charge in [0.2, 0.25) is 0 Å². The number of benzene rings is 1. The van der Waals surface area contributed by atoms with E-state index < -0.39 is 0 Å². The molecule has 0 bridgehead atoms. The molecule has 0 fully saturated rings. The van der Waals surface area contributed by atoms with Gasteiger partial charge in [0.1, 0.15) is 11.0 Å². The lowest BCUT2D eigenvalue weighted by Gasteiger charge is -2.30. The molecule has 1 heterocycles. The highest BCUT2D eigenvalue weighted by Crippen LogP contribution is 2.09. The van der Waals surface area contributed by atoms with E-state index in [9.17, 15) is 0 Å². The van der Waals surface area contributed by atoms with Crippen molar-refractivity contribution in [3.05, 3.63) is 24.3 Å². The molecule has 0 aliphatic carbocycles. The Kier molecular flexibility index (Phi) is 6.05. The van der Waals surface area contributed by atoms with Gasteiger partial charge in [0.15, 0.2) is 0 Å². The summed E-state index contributed by atoms with van der Waals surface area (Å²) in [5.41, 5.74) is 1.42. The second-order valence-electron chi connectivity index (χ2n) is 6.36. The van der Waals surface area contributed by atoms with Crippen LogP contribution in [0.2, 0.25) is 0 Å². The van der Waals surface area contributed by atoms with Crippen LogP contribution in [0.4, 0.5) is 0 Å². The first-order chi connectivity index (χ1) is 12.2. The Morgan fingerprint density at radius 3 is 2.04 bits per heavy atom. The highest BCUT2D eigenvalue weighted by Gasteiger charge is 2.36. The first-order valence-corrected chi connectivity index (χ1v) is 8.05. The van der Waals surface area contributed by atoms with E-state index in [2.05, 4.69) is 10.3 Å². The number of hydrazone groups is 2. The van der Waals surface area contributed by atoms with Gasteiger partial charge in [0, 0.05) is 56.4 Å². The average Bonchev–Trinajstić information content (AvgIpc) is 2.94. The molecule has 0 radical (unpaired) electrons.